The predicted octanol–water partition coefficient (Wildman–Crippen LogP) is 5.05. The monoisotopic (exact) mass is 414 g/mol. The molecule has 0 radical (unpaired) electrons. The van der Waals surface area contributed by atoms with Gasteiger partial charge in [0.1, 0.15) is 17.3 Å². The molecule has 0 bridgehead atoms. The van der Waals surface area contributed by atoms with Crippen LogP contribution in [-0.4, -0.2) is 15.9 Å². The number of rotatable bonds is 5. The summed E-state index contributed by atoms with van der Waals surface area (Å²) >= 11 is 0. The van der Waals surface area contributed by atoms with Crippen molar-refractivity contribution in [3.63, 3.8) is 0 Å². The molecule has 31 heavy (non-hydrogen) atoms. The van der Waals surface area contributed by atoms with Crippen LogP contribution >= 0.6 is 0 Å². The molecule has 0 aliphatic carbocycles. The Labute approximate surface area is 178 Å². The lowest BCUT2D eigenvalue weighted by molar-refractivity contribution is 0.347. The first-order chi connectivity index (χ1) is 15.2. The van der Waals surface area contributed by atoms with Gasteiger partial charge in [0.25, 0.3) is 0 Å². The molecule has 154 valence electrons. The van der Waals surface area contributed by atoms with E-state index < -0.39 is 6.30 Å². The second kappa shape index (κ2) is 8.07. The summed E-state index contributed by atoms with van der Waals surface area (Å²) in [5.41, 5.74) is 4.89. The third kappa shape index (κ3) is 3.92. The normalized spacial score (nSPS) is 15.9. The SMILES string of the molecule is Fc1ccc(-c2nn3ccccc3c2C2=CC(F)NC(NCc3ccccc3)=C2)cc1. The first kappa shape index (κ1) is 19.1. The van der Waals surface area contributed by atoms with Crippen LogP contribution in [0.1, 0.15) is 11.1 Å². The zero-order valence-corrected chi connectivity index (χ0v) is 16.6. The summed E-state index contributed by atoms with van der Waals surface area (Å²) in [7, 11) is 0. The molecule has 1 unspecified atom stereocenters. The summed E-state index contributed by atoms with van der Waals surface area (Å²) in [6.07, 6.45) is 3.91. The van der Waals surface area contributed by atoms with Crippen LogP contribution in [0.2, 0.25) is 0 Å². The number of allylic oxidation sites excluding steroid dienone is 2. The van der Waals surface area contributed by atoms with Crippen LogP contribution in [0.25, 0.3) is 22.3 Å². The molecule has 5 rings (SSSR count). The lowest BCUT2D eigenvalue weighted by Gasteiger charge is -2.21. The third-order valence-electron chi connectivity index (χ3n) is 5.19. The van der Waals surface area contributed by atoms with Crippen molar-refractivity contribution in [2.75, 3.05) is 0 Å². The van der Waals surface area contributed by atoms with Gasteiger partial charge >= 0.3 is 0 Å². The summed E-state index contributed by atoms with van der Waals surface area (Å²) in [4.78, 5) is 0. The van der Waals surface area contributed by atoms with Crippen molar-refractivity contribution >= 4 is 11.1 Å². The van der Waals surface area contributed by atoms with Crippen LogP contribution in [0.3, 0.4) is 0 Å². The molecule has 4 nitrogen and oxygen atoms in total. The average Bonchev–Trinajstić information content (AvgIpc) is 3.18. The standard InChI is InChI=1S/C25H20F2N4/c26-20-11-9-18(10-12-20)25-24(21-8-4-5-13-31(21)30-25)19-14-22(27)29-23(15-19)28-16-17-6-2-1-3-7-17/h1-15,22,28-29H,16H2. The van der Waals surface area contributed by atoms with E-state index in [4.69, 9.17) is 5.10 Å². The highest BCUT2D eigenvalue weighted by atomic mass is 19.1. The Morgan fingerprint density at radius 1 is 0.968 bits per heavy atom. The largest absolute Gasteiger partial charge is 0.368 e. The predicted molar refractivity (Wildman–Crippen MR) is 118 cm³/mol. The Bertz CT molecular complexity index is 1270. The Morgan fingerprint density at radius 2 is 1.74 bits per heavy atom. The maximum atomic E-state index is 14.6. The van der Waals surface area contributed by atoms with Gasteiger partial charge in [0.2, 0.25) is 0 Å². The van der Waals surface area contributed by atoms with E-state index in [1.807, 2.05) is 60.8 Å². The van der Waals surface area contributed by atoms with Crippen molar-refractivity contribution in [3.8, 4) is 11.3 Å². The number of pyridine rings is 1. The number of fused-ring (bicyclic) bond motifs is 1. The van der Waals surface area contributed by atoms with Gasteiger partial charge < -0.3 is 10.6 Å². The first-order valence-corrected chi connectivity index (χ1v) is 10.0. The van der Waals surface area contributed by atoms with Gasteiger partial charge in [-0.15, -0.1) is 0 Å². The minimum atomic E-state index is -1.35. The highest BCUT2D eigenvalue weighted by Crippen LogP contribution is 2.34. The van der Waals surface area contributed by atoms with Crippen LogP contribution < -0.4 is 10.6 Å². The molecular formula is C25H20F2N4. The fourth-order valence-corrected chi connectivity index (χ4v) is 3.74. The summed E-state index contributed by atoms with van der Waals surface area (Å²) < 4.78 is 29.9. The third-order valence-corrected chi connectivity index (χ3v) is 5.19. The van der Waals surface area contributed by atoms with Crippen molar-refractivity contribution in [2.45, 2.75) is 12.8 Å². The number of nitrogens with one attached hydrogen (secondary N) is 2. The van der Waals surface area contributed by atoms with E-state index in [1.165, 1.54) is 18.2 Å². The van der Waals surface area contributed by atoms with E-state index in [-0.39, 0.29) is 5.82 Å². The van der Waals surface area contributed by atoms with Crippen LogP contribution in [0.4, 0.5) is 8.78 Å². The lowest BCUT2D eigenvalue weighted by Crippen LogP contribution is -2.33. The van der Waals surface area contributed by atoms with E-state index in [0.717, 1.165) is 22.2 Å². The molecule has 2 N–H and O–H groups in total. The molecule has 0 saturated heterocycles. The van der Waals surface area contributed by atoms with E-state index in [0.29, 0.717) is 23.6 Å². The Balaban J connectivity index is 1.56. The van der Waals surface area contributed by atoms with Crippen LogP contribution in [0.5, 0.6) is 0 Å². The minimum Gasteiger partial charge on any atom is -0.368 e. The Kier molecular flexibility index (Phi) is 4.96. The van der Waals surface area contributed by atoms with Crippen molar-refractivity contribution in [2.24, 2.45) is 0 Å². The van der Waals surface area contributed by atoms with Crippen molar-refractivity contribution in [3.05, 3.63) is 114 Å². The number of dihydropyridines is 1. The second-order valence-corrected chi connectivity index (χ2v) is 7.33. The van der Waals surface area contributed by atoms with Gasteiger partial charge in [-0.1, -0.05) is 36.4 Å². The fourth-order valence-electron chi connectivity index (χ4n) is 3.74. The van der Waals surface area contributed by atoms with E-state index in [2.05, 4.69) is 10.6 Å². The van der Waals surface area contributed by atoms with E-state index in [9.17, 15) is 8.78 Å². The molecule has 3 heterocycles. The molecule has 0 amide bonds. The summed E-state index contributed by atoms with van der Waals surface area (Å²) in [5, 5.41) is 10.8. The highest BCUT2D eigenvalue weighted by Gasteiger charge is 2.21. The summed E-state index contributed by atoms with van der Waals surface area (Å²) in [5.74, 6) is 0.278. The number of hydrogen-bond acceptors (Lipinski definition) is 3. The average molecular weight is 414 g/mol. The molecule has 1 atom stereocenters. The van der Waals surface area contributed by atoms with Crippen LogP contribution in [-0.2, 0) is 6.54 Å². The van der Waals surface area contributed by atoms with Crippen molar-refractivity contribution in [1.82, 2.24) is 20.2 Å². The number of alkyl halides is 1. The van der Waals surface area contributed by atoms with Gasteiger partial charge in [-0.2, -0.15) is 5.10 Å². The summed E-state index contributed by atoms with van der Waals surface area (Å²) in [6, 6.07) is 21.8. The van der Waals surface area contributed by atoms with E-state index >= 15 is 0 Å². The molecule has 4 aromatic rings. The molecule has 0 fully saturated rings. The van der Waals surface area contributed by atoms with Gasteiger partial charge in [0, 0.05) is 23.9 Å². The zero-order valence-electron chi connectivity index (χ0n) is 16.6. The molecule has 0 spiro atoms. The van der Waals surface area contributed by atoms with Gasteiger partial charge in [0.15, 0.2) is 6.30 Å². The quantitative estimate of drug-likeness (QED) is 0.449. The van der Waals surface area contributed by atoms with Gasteiger partial charge in [0.05, 0.1) is 5.52 Å². The number of halogens is 2. The molecular weight excluding hydrogens is 394 g/mol. The van der Waals surface area contributed by atoms with Gasteiger partial charge in [-0.3, -0.25) is 0 Å². The van der Waals surface area contributed by atoms with E-state index in [1.54, 1.807) is 16.6 Å². The van der Waals surface area contributed by atoms with Crippen LogP contribution in [0.15, 0.2) is 97.0 Å². The maximum Gasteiger partial charge on any atom is 0.190 e. The Morgan fingerprint density at radius 3 is 2.55 bits per heavy atom. The number of hydrogen-bond donors (Lipinski definition) is 2. The smallest absolute Gasteiger partial charge is 0.190 e. The van der Waals surface area contributed by atoms with Crippen LogP contribution in [0, 0.1) is 5.82 Å². The second-order valence-electron chi connectivity index (χ2n) is 7.33. The fraction of sp³-hybridized carbons (Fsp3) is 0.0800. The molecule has 0 saturated carbocycles. The van der Waals surface area contributed by atoms with Gasteiger partial charge in [-0.05, 0) is 59.7 Å². The van der Waals surface area contributed by atoms with Crippen molar-refractivity contribution in [1.29, 1.82) is 0 Å². The molecule has 6 heteroatoms. The molecule has 2 aromatic heterocycles. The number of nitrogens with zero attached hydrogens (tertiary/aromatic N) is 2. The minimum absolute atomic E-state index is 0.314. The van der Waals surface area contributed by atoms with Crippen molar-refractivity contribution < 1.29 is 8.78 Å². The summed E-state index contributed by atoms with van der Waals surface area (Å²) in [6.45, 7) is 0.569. The molecule has 1 aliphatic heterocycles. The maximum absolute atomic E-state index is 14.6. The first-order valence-electron chi connectivity index (χ1n) is 10.0. The zero-order chi connectivity index (χ0) is 21.2. The lowest BCUT2D eigenvalue weighted by atomic mass is 9.97. The topological polar surface area (TPSA) is 41.4 Å². The number of aromatic nitrogens is 2. The molecule has 2 aromatic carbocycles. The molecule has 1 aliphatic rings. The van der Waals surface area contributed by atoms with Gasteiger partial charge in [-0.25, -0.2) is 13.3 Å². The highest BCUT2D eigenvalue weighted by molar-refractivity contribution is 5.93. The Hall–Kier alpha value is -3.93. The number of benzene rings is 2.